The van der Waals surface area contributed by atoms with Crippen LogP contribution in [0.4, 0.5) is 5.82 Å². The lowest BCUT2D eigenvalue weighted by atomic mass is 9.97. The smallest absolute Gasteiger partial charge is 0.138 e. The molecule has 0 amide bonds. The Hall–Kier alpha value is -3.28. The number of anilines is 1. The van der Waals surface area contributed by atoms with Crippen molar-refractivity contribution in [2.75, 3.05) is 31.2 Å². The fraction of sp³-hybridized carbons (Fsp3) is 0.200. The average Bonchev–Trinajstić information content (AvgIpc) is 2.84. The normalized spacial score (nSPS) is 14.2. The van der Waals surface area contributed by atoms with Gasteiger partial charge in [0, 0.05) is 42.3 Å². The third-order valence-electron chi connectivity index (χ3n) is 5.58. The first kappa shape index (κ1) is 18.7. The summed E-state index contributed by atoms with van der Waals surface area (Å²) in [5.74, 6) is 0.977. The van der Waals surface area contributed by atoms with Gasteiger partial charge in [-0.25, -0.2) is 9.97 Å². The van der Waals surface area contributed by atoms with Gasteiger partial charge < -0.3 is 15.4 Å². The van der Waals surface area contributed by atoms with Gasteiger partial charge in [0.25, 0.3) is 0 Å². The van der Waals surface area contributed by atoms with Crippen LogP contribution in [-0.2, 0) is 11.3 Å². The van der Waals surface area contributed by atoms with E-state index in [2.05, 4.69) is 59.5 Å². The maximum absolute atomic E-state index is 5.79. The first-order valence-corrected chi connectivity index (χ1v) is 10.3. The zero-order valence-electron chi connectivity index (χ0n) is 16.8. The molecule has 4 aromatic rings. The summed E-state index contributed by atoms with van der Waals surface area (Å²) >= 11 is 0. The highest BCUT2D eigenvalue weighted by Crippen LogP contribution is 2.36. The topological polar surface area (TPSA) is 64.3 Å². The Morgan fingerprint density at radius 2 is 1.67 bits per heavy atom. The van der Waals surface area contributed by atoms with Crippen molar-refractivity contribution in [1.29, 1.82) is 0 Å². The van der Waals surface area contributed by atoms with Crippen LogP contribution in [0.5, 0.6) is 0 Å². The number of nitrogens with two attached hydrogens (primary N) is 1. The molecule has 0 saturated carbocycles. The van der Waals surface area contributed by atoms with E-state index in [1.165, 1.54) is 0 Å². The molecular formula is C25H24N4O. The molecule has 2 aromatic carbocycles. The molecule has 1 fully saturated rings. The van der Waals surface area contributed by atoms with Gasteiger partial charge in [0.2, 0.25) is 0 Å². The van der Waals surface area contributed by atoms with E-state index in [4.69, 9.17) is 20.4 Å². The van der Waals surface area contributed by atoms with Crippen molar-refractivity contribution in [3.63, 3.8) is 0 Å². The van der Waals surface area contributed by atoms with Gasteiger partial charge in [0.15, 0.2) is 0 Å². The lowest BCUT2D eigenvalue weighted by Gasteiger charge is -2.28. The van der Waals surface area contributed by atoms with Crippen molar-refractivity contribution in [3.05, 3.63) is 78.5 Å². The Morgan fingerprint density at radius 1 is 0.900 bits per heavy atom. The number of aromatic nitrogens is 2. The SMILES string of the molecule is NCc1ccc(-c2nc3ccnc(N4CCOCC4)c3cc2-c2ccccc2)cc1. The standard InChI is InChI=1S/C25H24N4O/c26-17-18-6-8-20(9-7-18)24-21(19-4-2-1-3-5-19)16-22-23(28-24)10-11-27-25(22)29-12-14-30-15-13-29/h1-11,16H,12-15,17,26H2. The largest absolute Gasteiger partial charge is 0.378 e. The van der Waals surface area contributed by atoms with Gasteiger partial charge in [-0.05, 0) is 23.3 Å². The first-order chi connectivity index (χ1) is 14.8. The average molecular weight is 396 g/mol. The minimum atomic E-state index is 0.533. The van der Waals surface area contributed by atoms with E-state index in [-0.39, 0.29) is 0 Å². The Bertz CT molecular complexity index is 1150. The molecule has 0 aliphatic carbocycles. The van der Waals surface area contributed by atoms with E-state index >= 15 is 0 Å². The molecule has 1 aliphatic heterocycles. The van der Waals surface area contributed by atoms with Gasteiger partial charge in [0.05, 0.1) is 24.4 Å². The van der Waals surface area contributed by atoms with Gasteiger partial charge in [-0.3, -0.25) is 0 Å². The van der Waals surface area contributed by atoms with Crippen LogP contribution < -0.4 is 10.6 Å². The lowest BCUT2D eigenvalue weighted by Crippen LogP contribution is -2.36. The molecular weight excluding hydrogens is 372 g/mol. The lowest BCUT2D eigenvalue weighted by molar-refractivity contribution is 0.122. The predicted octanol–water partition coefficient (Wildman–Crippen LogP) is 4.26. The molecule has 5 heteroatoms. The Labute approximate surface area is 176 Å². The van der Waals surface area contributed by atoms with Crippen molar-refractivity contribution in [2.24, 2.45) is 5.73 Å². The fourth-order valence-corrected chi connectivity index (χ4v) is 3.97. The third kappa shape index (κ3) is 3.54. The molecule has 3 heterocycles. The summed E-state index contributed by atoms with van der Waals surface area (Å²) in [6.45, 7) is 3.67. The molecule has 2 aromatic heterocycles. The zero-order chi connectivity index (χ0) is 20.3. The number of hydrogen-bond donors (Lipinski definition) is 1. The van der Waals surface area contributed by atoms with Crippen LogP contribution in [0, 0.1) is 0 Å². The summed E-state index contributed by atoms with van der Waals surface area (Å²) in [7, 11) is 0. The van der Waals surface area contributed by atoms with E-state index in [0.717, 1.165) is 71.0 Å². The summed E-state index contributed by atoms with van der Waals surface area (Å²) < 4.78 is 5.53. The summed E-state index contributed by atoms with van der Waals surface area (Å²) in [5.41, 5.74) is 12.1. The van der Waals surface area contributed by atoms with Crippen molar-refractivity contribution in [3.8, 4) is 22.4 Å². The molecule has 5 rings (SSSR count). The van der Waals surface area contributed by atoms with E-state index in [0.29, 0.717) is 6.54 Å². The Balaban J connectivity index is 1.72. The highest BCUT2D eigenvalue weighted by atomic mass is 16.5. The zero-order valence-corrected chi connectivity index (χ0v) is 16.8. The quantitative estimate of drug-likeness (QED) is 0.558. The number of fused-ring (bicyclic) bond motifs is 1. The minimum Gasteiger partial charge on any atom is -0.378 e. The summed E-state index contributed by atoms with van der Waals surface area (Å²) in [6, 6.07) is 23.0. The van der Waals surface area contributed by atoms with Gasteiger partial charge in [-0.2, -0.15) is 0 Å². The molecule has 2 N–H and O–H groups in total. The molecule has 0 radical (unpaired) electrons. The molecule has 150 valence electrons. The van der Waals surface area contributed by atoms with Crippen molar-refractivity contribution < 1.29 is 4.74 Å². The number of ether oxygens (including phenoxy) is 1. The number of nitrogens with zero attached hydrogens (tertiary/aromatic N) is 3. The number of morpholine rings is 1. The summed E-state index contributed by atoms with van der Waals surface area (Å²) in [5, 5.41) is 1.07. The fourth-order valence-electron chi connectivity index (χ4n) is 3.97. The molecule has 1 saturated heterocycles. The van der Waals surface area contributed by atoms with Crippen LogP contribution in [0.25, 0.3) is 33.3 Å². The molecule has 0 bridgehead atoms. The van der Waals surface area contributed by atoms with E-state index < -0.39 is 0 Å². The molecule has 1 aliphatic rings. The Morgan fingerprint density at radius 3 is 2.40 bits per heavy atom. The predicted molar refractivity (Wildman–Crippen MR) is 121 cm³/mol. The minimum absolute atomic E-state index is 0.533. The van der Waals surface area contributed by atoms with Crippen LogP contribution in [0.3, 0.4) is 0 Å². The molecule has 0 unspecified atom stereocenters. The van der Waals surface area contributed by atoms with E-state index in [1.54, 1.807) is 0 Å². The Kier molecular flexibility index (Phi) is 5.13. The van der Waals surface area contributed by atoms with Gasteiger partial charge in [-0.15, -0.1) is 0 Å². The molecule has 0 spiro atoms. The molecule has 5 nitrogen and oxygen atoms in total. The number of hydrogen-bond acceptors (Lipinski definition) is 5. The number of rotatable bonds is 4. The van der Waals surface area contributed by atoms with E-state index in [9.17, 15) is 0 Å². The maximum Gasteiger partial charge on any atom is 0.138 e. The second kappa shape index (κ2) is 8.22. The van der Waals surface area contributed by atoms with E-state index in [1.807, 2.05) is 18.3 Å². The van der Waals surface area contributed by atoms with Crippen LogP contribution in [-0.4, -0.2) is 36.3 Å². The third-order valence-corrected chi connectivity index (χ3v) is 5.58. The highest BCUT2D eigenvalue weighted by Gasteiger charge is 2.18. The maximum atomic E-state index is 5.79. The molecule has 30 heavy (non-hydrogen) atoms. The first-order valence-electron chi connectivity index (χ1n) is 10.3. The van der Waals surface area contributed by atoms with Crippen LogP contribution in [0.2, 0.25) is 0 Å². The van der Waals surface area contributed by atoms with Crippen molar-refractivity contribution in [2.45, 2.75) is 6.54 Å². The monoisotopic (exact) mass is 396 g/mol. The van der Waals surface area contributed by atoms with Gasteiger partial charge in [-0.1, -0.05) is 54.6 Å². The molecule has 0 atom stereocenters. The number of benzene rings is 2. The summed E-state index contributed by atoms with van der Waals surface area (Å²) in [4.78, 5) is 12.1. The second-order valence-electron chi connectivity index (χ2n) is 7.45. The van der Waals surface area contributed by atoms with Gasteiger partial charge in [0.1, 0.15) is 5.82 Å². The van der Waals surface area contributed by atoms with Crippen molar-refractivity contribution >= 4 is 16.7 Å². The second-order valence-corrected chi connectivity index (χ2v) is 7.45. The van der Waals surface area contributed by atoms with Crippen LogP contribution in [0.1, 0.15) is 5.56 Å². The summed E-state index contributed by atoms with van der Waals surface area (Å²) in [6.07, 6.45) is 1.85. The number of pyridine rings is 2. The van der Waals surface area contributed by atoms with Crippen molar-refractivity contribution in [1.82, 2.24) is 9.97 Å². The van der Waals surface area contributed by atoms with Crippen LogP contribution in [0.15, 0.2) is 72.9 Å². The highest BCUT2D eigenvalue weighted by molar-refractivity contribution is 5.97. The van der Waals surface area contributed by atoms with Gasteiger partial charge >= 0.3 is 0 Å². The van der Waals surface area contributed by atoms with Crippen LogP contribution >= 0.6 is 0 Å².